The molecule has 0 saturated carbocycles. The standard InChI is InChI=1S/C33H36N6O3/c1-3-25-26(8-6-10-29(25)39-14-13-38-28-9-5-4-7-21(28)16-30(38)33(39)42)22-15-27(32(41)36(2)18-22)35-31-12-11-23(17-34-31)37-19-24(40)20-37/h6,8,10-12,15-18,24,40H,3-5,7,9,13-14,19-20H2,1-2H3,(H,34,35). The molecule has 4 aromatic rings. The van der Waals surface area contributed by atoms with E-state index in [-0.39, 0.29) is 17.6 Å². The highest BCUT2D eigenvalue weighted by Crippen LogP contribution is 2.36. The third-order valence-corrected chi connectivity index (χ3v) is 8.95. The number of pyridine rings is 2. The van der Waals surface area contributed by atoms with Gasteiger partial charge in [0.2, 0.25) is 0 Å². The summed E-state index contributed by atoms with van der Waals surface area (Å²) in [6.07, 6.45) is 8.57. The van der Waals surface area contributed by atoms with E-state index in [1.807, 2.05) is 41.4 Å². The van der Waals surface area contributed by atoms with Gasteiger partial charge in [-0.3, -0.25) is 9.59 Å². The van der Waals surface area contributed by atoms with Gasteiger partial charge >= 0.3 is 0 Å². The highest BCUT2D eigenvalue weighted by atomic mass is 16.3. The van der Waals surface area contributed by atoms with Crippen LogP contribution >= 0.6 is 0 Å². The van der Waals surface area contributed by atoms with E-state index in [2.05, 4.69) is 38.8 Å². The Labute approximate surface area is 245 Å². The van der Waals surface area contributed by atoms with Gasteiger partial charge in [-0.05, 0) is 79.1 Å². The van der Waals surface area contributed by atoms with Crippen molar-refractivity contribution < 1.29 is 9.90 Å². The zero-order chi connectivity index (χ0) is 29.0. The molecule has 1 aliphatic carbocycles. The Morgan fingerprint density at radius 2 is 1.88 bits per heavy atom. The van der Waals surface area contributed by atoms with Gasteiger partial charge in [0.05, 0.1) is 18.0 Å². The van der Waals surface area contributed by atoms with Crippen molar-refractivity contribution in [2.75, 3.05) is 34.8 Å². The summed E-state index contributed by atoms with van der Waals surface area (Å²) < 4.78 is 3.84. The van der Waals surface area contributed by atoms with E-state index in [0.717, 1.165) is 59.6 Å². The molecule has 0 unspecified atom stereocenters. The molecule has 216 valence electrons. The third kappa shape index (κ3) is 4.48. The molecule has 9 heteroatoms. The number of β-amino-alcohol motifs (C(OH)–C–C–N with tert-alkyl or cyclic N) is 1. The first kappa shape index (κ1) is 26.5. The van der Waals surface area contributed by atoms with E-state index >= 15 is 0 Å². The monoisotopic (exact) mass is 564 g/mol. The average molecular weight is 565 g/mol. The van der Waals surface area contributed by atoms with Gasteiger partial charge in [-0.1, -0.05) is 19.1 Å². The molecule has 7 rings (SSSR count). The predicted octanol–water partition coefficient (Wildman–Crippen LogP) is 4.27. The smallest absolute Gasteiger partial charge is 0.274 e. The normalized spacial score (nSPS) is 16.7. The minimum absolute atomic E-state index is 0.0626. The number of nitrogens with zero attached hydrogens (tertiary/aromatic N) is 5. The number of carbonyl (C=O) groups excluding carboxylic acids is 1. The average Bonchev–Trinajstić information content (AvgIpc) is 3.38. The van der Waals surface area contributed by atoms with Crippen LogP contribution in [0.3, 0.4) is 0 Å². The first-order valence-electron chi connectivity index (χ1n) is 14.9. The second kappa shape index (κ2) is 10.5. The SMILES string of the molecule is CCc1c(-c2cc(Nc3ccc(N4CC(O)C4)cn3)c(=O)n(C)c2)cccc1N1CCn2c(cc3c2CCCC3)C1=O. The molecule has 1 amide bonds. The molecule has 5 heterocycles. The van der Waals surface area contributed by atoms with Crippen LogP contribution in [0.5, 0.6) is 0 Å². The number of hydrogen-bond donors (Lipinski definition) is 2. The molecule has 0 radical (unpaired) electrons. The molecule has 0 atom stereocenters. The van der Waals surface area contributed by atoms with E-state index in [4.69, 9.17) is 0 Å². The zero-order valence-electron chi connectivity index (χ0n) is 24.1. The first-order chi connectivity index (χ1) is 20.4. The summed E-state index contributed by atoms with van der Waals surface area (Å²) in [6, 6.07) is 13.9. The summed E-state index contributed by atoms with van der Waals surface area (Å²) in [4.78, 5) is 35.5. The number of anilines is 4. The topological polar surface area (TPSA) is 95.6 Å². The molecular weight excluding hydrogens is 528 g/mol. The fraction of sp³-hybridized carbons (Fsp3) is 0.364. The van der Waals surface area contributed by atoms with Crippen LogP contribution in [-0.4, -0.2) is 50.9 Å². The van der Waals surface area contributed by atoms with Crippen LogP contribution in [0.2, 0.25) is 0 Å². The molecule has 9 nitrogen and oxygen atoms in total. The lowest BCUT2D eigenvalue weighted by Gasteiger charge is -2.37. The fourth-order valence-corrected chi connectivity index (χ4v) is 6.74. The molecule has 42 heavy (non-hydrogen) atoms. The van der Waals surface area contributed by atoms with Crippen molar-refractivity contribution in [2.24, 2.45) is 7.05 Å². The number of benzene rings is 1. The lowest BCUT2D eigenvalue weighted by atomic mass is 9.96. The fourth-order valence-electron chi connectivity index (χ4n) is 6.74. The van der Waals surface area contributed by atoms with E-state index in [9.17, 15) is 14.7 Å². The molecule has 1 fully saturated rings. The summed E-state index contributed by atoms with van der Waals surface area (Å²) >= 11 is 0. The van der Waals surface area contributed by atoms with Gasteiger partial charge in [-0.2, -0.15) is 0 Å². The van der Waals surface area contributed by atoms with Gasteiger partial charge in [0.15, 0.2) is 0 Å². The van der Waals surface area contributed by atoms with Crippen molar-refractivity contribution in [3.8, 4) is 11.1 Å². The molecule has 3 aliphatic rings. The van der Waals surface area contributed by atoms with Gasteiger partial charge < -0.3 is 29.4 Å². The predicted molar refractivity (Wildman–Crippen MR) is 165 cm³/mol. The Bertz CT molecular complexity index is 1730. The second-order valence-corrected chi connectivity index (χ2v) is 11.6. The molecule has 3 aromatic heterocycles. The first-order valence-corrected chi connectivity index (χ1v) is 14.9. The maximum Gasteiger partial charge on any atom is 0.274 e. The number of hydrogen-bond acceptors (Lipinski definition) is 6. The Hall–Kier alpha value is -4.37. The lowest BCUT2D eigenvalue weighted by molar-refractivity contribution is 0.0964. The van der Waals surface area contributed by atoms with Crippen LogP contribution < -0.4 is 20.7 Å². The number of aromatic nitrogens is 3. The summed E-state index contributed by atoms with van der Waals surface area (Å²) in [6.45, 7) is 4.77. The maximum absolute atomic E-state index is 13.8. The van der Waals surface area contributed by atoms with Crippen molar-refractivity contribution in [2.45, 2.75) is 51.7 Å². The third-order valence-electron chi connectivity index (χ3n) is 8.95. The Morgan fingerprint density at radius 3 is 2.64 bits per heavy atom. The van der Waals surface area contributed by atoms with Crippen molar-refractivity contribution in [3.05, 3.63) is 87.7 Å². The molecule has 2 N–H and O–H groups in total. The summed E-state index contributed by atoms with van der Waals surface area (Å²) in [5.74, 6) is 0.635. The number of carbonyl (C=O) groups is 1. The Kier molecular flexibility index (Phi) is 6.61. The number of rotatable bonds is 6. The minimum atomic E-state index is -0.287. The van der Waals surface area contributed by atoms with Gasteiger partial charge in [-0.25, -0.2) is 4.98 Å². The number of nitrogens with one attached hydrogen (secondary N) is 1. The van der Waals surface area contributed by atoms with Crippen LogP contribution in [-0.2, 0) is 32.9 Å². The summed E-state index contributed by atoms with van der Waals surface area (Å²) in [7, 11) is 1.75. The van der Waals surface area contributed by atoms with Crippen LogP contribution in [0.15, 0.2) is 59.7 Å². The highest BCUT2D eigenvalue weighted by molar-refractivity contribution is 6.07. The van der Waals surface area contributed by atoms with Crippen LogP contribution in [0.4, 0.5) is 22.9 Å². The lowest BCUT2D eigenvalue weighted by Crippen LogP contribution is -2.50. The van der Waals surface area contributed by atoms with Gasteiger partial charge in [0.25, 0.3) is 11.5 Å². The molecule has 1 aromatic carbocycles. The van der Waals surface area contributed by atoms with Crippen molar-refractivity contribution in [1.82, 2.24) is 14.1 Å². The van der Waals surface area contributed by atoms with Crippen LogP contribution in [0.1, 0.15) is 47.1 Å². The number of aryl methyl sites for hydroxylation is 2. The molecular formula is C33H36N6O3. The maximum atomic E-state index is 13.8. The van der Waals surface area contributed by atoms with Crippen LogP contribution in [0.25, 0.3) is 11.1 Å². The zero-order valence-corrected chi connectivity index (χ0v) is 24.1. The van der Waals surface area contributed by atoms with E-state index in [1.165, 1.54) is 24.1 Å². The van der Waals surface area contributed by atoms with Crippen LogP contribution in [0, 0.1) is 0 Å². The van der Waals surface area contributed by atoms with Gasteiger partial charge in [0, 0.05) is 56.4 Å². The Morgan fingerprint density at radius 1 is 1.05 bits per heavy atom. The van der Waals surface area contributed by atoms with Gasteiger partial charge in [0.1, 0.15) is 17.2 Å². The number of amides is 1. The van der Waals surface area contributed by atoms with Crippen molar-refractivity contribution in [1.29, 1.82) is 0 Å². The quantitative estimate of drug-likeness (QED) is 0.363. The highest BCUT2D eigenvalue weighted by Gasteiger charge is 2.31. The van der Waals surface area contributed by atoms with E-state index < -0.39 is 0 Å². The molecule has 1 saturated heterocycles. The van der Waals surface area contributed by atoms with Crippen molar-refractivity contribution >= 4 is 28.8 Å². The number of aliphatic hydroxyl groups is 1. The van der Waals surface area contributed by atoms with Crippen molar-refractivity contribution in [3.63, 3.8) is 0 Å². The largest absolute Gasteiger partial charge is 0.389 e. The molecule has 0 spiro atoms. The van der Waals surface area contributed by atoms with E-state index in [0.29, 0.717) is 31.1 Å². The van der Waals surface area contributed by atoms with E-state index in [1.54, 1.807) is 17.8 Å². The summed E-state index contributed by atoms with van der Waals surface area (Å²) in [5, 5.41) is 12.8. The minimum Gasteiger partial charge on any atom is -0.389 e. The second-order valence-electron chi connectivity index (χ2n) is 11.6. The summed E-state index contributed by atoms with van der Waals surface area (Å²) in [5.41, 5.74) is 8.62. The molecule has 0 bridgehead atoms. The number of aliphatic hydroxyl groups excluding tert-OH is 1. The molecule has 2 aliphatic heterocycles. The van der Waals surface area contributed by atoms with Gasteiger partial charge in [-0.15, -0.1) is 0 Å². The number of fused-ring (bicyclic) bond motifs is 3. The Balaban J connectivity index is 1.20.